The fourth-order valence-corrected chi connectivity index (χ4v) is 1.67. The second kappa shape index (κ2) is 6.10. The van der Waals surface area contributed by atoms with Crippen molar-refractivity contribution in [3.8, 4) is 0 Å². The largest absolute Gasteiger partial charge is 0.495 e. The number of carbonyl (C=O) groups is 1. The average molecular weight is 306 g/mol. The fraction of sp³-hybridized carbons (Fsp3) is 0. The molecule has 8 heteroatoms. The molecule has 0 aliphatic rings. The van der Waals surface area contributed by atoms with E-state index in [-0.39, 0.29) is 16.9 Å². The monoisotopic (exact) mass is 305 g/mol. The van der Waals surface area contributed by atoms with Crippen LogP contribution in [0.3, 0.4) is 0 Å². The lowest BCUT2D eigenvalue weighted by Gasteiger charge is -2.02. The van der Waals surface area contributed by atoms with E-state index in [0.717, 1.165) is 0 Å². The molecule has 2 heterocycles. The van der Waals surface area contributed by atoms with E-state index in [1.807, 2.05) is 0 Å². The number of amides is 1. The van der Waals surface area contributed by atoms with Crippen molar-refractivity contribution in [2.24, 2.45) is 5.73 Å². The molecule has 0 spiro atoms. The number of fused-ring (bicyclic) bond motifs is 1. The van der Waals surface area contributed by atoms with E-state index in [1.165, 1.54) is 24.4 Å². The molecule has 1 amide bonds. The van der Waals surface area contributed by atoms with E-state index in [1.54, 1.807) is 6.07 Å². The summed E-state index contributed by atoms with van der Waals surface area (Å²) in [5, 5.41) is 11.7. The quantitative estimate of drug-likeness (QED) is 0.390. The SMILES string of the molecule is C=C/C(=C\C=C(/N)O)NC(=O)c1nc2cc(Cl)ncc2[nH]1. The van der Waals surface area contributed by atoms with Gasteiger partial charge >= 0.3 is 0 Å². The zero-order valence-corrected chi connectivity index (χ0v) is 11.6. The maximum absolute atomic E-state index is 12.1. The molecule has 0 saturated heterocycles. The number of aromatic amines is 1. The van der Waals surface area contributed by atoms with Crippen LogP contribution in [-0.4, -0.2) is 26.0 Å². The van der Waals surface area contributed by atoms with Gasteiger partial charge in [0.05, 0.1) is 17.2 Å². The maximum atomic E-state index is 12.1. The van der Waals surface area contributed by atoms with Crippen molar-refractivity contribution in [3.63, 3.8) is 0 Å². The molecule has 0 aliphatic carbocycles. The molecule has 0 aromatic carbocycles. The van der Waals surface area contributed by atoms with Crippen LogP contribution < -0.4 is 11.1 Å². The lowest BCUT2D eigenvalue weighted by atomic mass is 10.3. The highest BCUT2D eigenvalue weighted by Gasteiger charge is 2.12. The van der Waals surface area contributed by atoms with E-state index in [4.69, 9.17) is 22.4 Å². The molecule has 5 N–H and O–H groups in total. The number of imidazole rings is 1. The Balaban J connectivity index is 2.23. The van der Waals surface area contributed by atoms with Gasteiger partial charge in [-0.25, -0.2) is 9.97 Å². The third-order valence-corrected chi connectivity index (χ3v) is 2.67. The molecule has 0 bridgehead atoms. The molecular formula is C13H12ClN5O2. The van der Waals surface area contributed by atoms with Crippen molar-refractivity contribution in [2.45, 2.75) is 0 Å². The van der Waals surface area contributed by atoms with Gasteiger partial charge in [-0.05, 0) is 18.2 Å². The Labute approximate surface area is 124 Å². The van der Waals surface area contributed by atoms with Gasteiger partial charge in [0, 0.05) is 11.8 Å². The first-order chi connectivity index (χ1) is 9.99. The van der Waals surface area contributed by atoms with Gasteiger partial charge in [0.2, 0.25) is 0 Å². The zero-order chi connectivity index (χ0) is 15.4. The third-order valence-electron chi connectivity index (χ3n) is 2.46. The second-order valence-electron chi connectivity index (χ2n) is 3.98. The van der Waals surface area contributed by atoms with Gasteiger partial charge in [0.1, 0.15) is 5.15 Å². The number of nitrogens with two attached hydrogens (primary N) is 1. The summed E-state index contributed by atoms with van der Waals surface area (Å²) in [5.41, 5.74) is 6.57. The molecule has 21 heavy (non-hydrogen) atoms. The molecule has 7 nitrogen and oxygen atoms in total. The lowest BCUT2D eigenvalue weighted by Crippen LogP contribution is -2.23. The number of hydrogen-bond donors (Lipinski definition) is 4. The number of aliphatic hydroxyl groups excluding tert-OH is 1. The van der Waals surface area contributed by atoms with Gasteiger partial charge in [0.25, 0.3) is 5.91 Å². The molecule has 0 unspecified atom stereocenters. The average Bonchev–Trinajstić information content (AvgIpc) is 2.86. The molecule has 0 radical (unpaired) electrons. The maximum Gasteiger partial charge on any atom is 0.291 e. The van der Waals surface area contributed by atoms with Crippen LogP contribution in [0.25, 0.3) is 11.0 Å². The standard InChI is InChI=1S/C13H12ClN5O2/c1-2-7(3-4-11(15)20)17-13(21)12-18-8-5-10(14)16-6-9(8)19-12/h2-6,20H,1,15H2,(H,17,21)(H,18,19)/b7-3+,11-4+. The number of allylic oxidation sites excluding steroid dienone is 3. The van der Waals surface area contributed by atoms with Crippen molar-refractivity contribution in [1.82, 2.24) is 20.3 Å². The number of rotatable bonds is 4. The Morgan fingerprint density at radius 1 is 1.52 bits per heavy atom. The van der Waals surface area contributed by atoms with Crippen molar-refractivity contribution < 1.29 is 9.90 Å². The molecule has 2 aromatic rings. The number of pyridine rings is 1. The van der Waals surface area contributed by atoms with Gasteiger partial charge < -0.3 is 21.1 Å². The Morgan fingerprint density at radius 3 is 2.95 bits per heavy atom. The van der Waals surface area contributed by atoms with Crippen LogP contribution in [0.15, 0.2) is 48.7 Å². The highest BCUT2D eigenvalue weighted by Crippen LogP contribution is 2.14. The first-order valence-corrected chi connectivity index (χ1v) is 6.19. The van der Waals surface area contributed by atoms with E-state index in [0.29, 0.717) is 16.7 Å². The van der Waals surface area contributed by atoms with Crippen LogP contribution in [0.2, 0.25) is 5.15 Å². The minimum absolute atomic E-state index is 0.0998. The highest BCUT2D eigenvalue weighted by atomic mass is 35.5. The molecule has 108 valence electrons. The Bertz CT molecular complexity index is 759. The minimum atomic E-state index is -0.474. The highest BCUT2D eigenvalue weighted by molar-refractivity contribution is 6.29. The molecular weight excluding hydrogens is 294 g/mol. The van der Waals surface area contributed by atoms with Crippen LogP contribution in [0, 0.1) is 0 Å². The number of aromatic nitrogens is 3. The Hall–Kier alpha value is -2.80. The molecule has 2 rings (SSSR count). The van der Waals surface area contributed by atoms with E-state index >= 15 is 0 Å². The first kappa shape index (κ1) is 14.6. The summed E-state index contributed by atoms with van der Waals surface area (Å²) >= 11 is 5.76. The molecule has 0 atom stereocenters. The predicted molar refractivity (Wildman–Crippen MR) is 79.5 cm³/mol. The number of nitrogens with one attached hydrogen (secondary N) is 2. The number of H-pyrrole nitrogens is 1. The predicted octanol–water partition coefficient (Wildman–Crippen LogP) is 1.77. The second-order valence-corrected chi connectivity index (χ2v) is 4.37. The summed E-state index contributed by atoms with van der Waals surface area (Å²) in [4.78, 5) is 22.9. The van der Waals surface area contributed by atoms with E-state index in [2.05, 4.69) is 26.8 Å². The van der Waals surface area contributed by atoms with E-state index in [9.17, 15) is 4.79 Å². The lowest BCUT2D eigenvalue weighted by molar-refractivity contribution is 0.0958. The zero-order valence-electron chi connectivity index (χ0n) is 10.8. The molecule has 0 fully saturated rings. The topological polar surface area (TPSA) is 117 Å². The van der Waals surface area contributed by atoms with Gasteiger partial charge in [-0.2, -0.15) is 0 Å². The summed E-state index contributed by atoms with van der Waals surface area (Å²) < 4.78 is 0. The number of aliphatic hydroxyl groups is 1. The van der Waals surface area contributed by atoms with Gasteiger partial charge in [0.15, 0.2) is 11.7 Å². The summed E-state index contributed by atoms with van der Waals surface area (Å²) in [7, 11) is 0. The van der Waals surface area contributed by atoms with Crippen LogP contribution >= 0.6 is 11.6 Å². The van der Waals surface area contributed by atoms with Crippen molar-refractivity contribution in [1.29, 1.82) is 0 Å². The summed E-state index contributed by atoms with van der Waals surface area (Å²) in [6.07, 6.45) is 5.51. The van der Waals surface area contributed by atoms with Gasteiger partial charge in [-0.3, -0.25) is 4.79 Å². The van der Waals surface area contributed by atoms with Crippen LogP contribution in [0.4, 0.5) is 0 Å². The van der Waals surface area contributed by atoms with E-state index < -0.39 is 5.91 Å². The Morgan fingerprint density at radius 2 is 2.29 bits per heavy atom. The van der Waals surface area contributed by atoms with Crippen LogP contribution in [0.1, 0.15) is 10.6 Å². The molecule has 0 saturated carbocycles. The van der Waals surface area contributed by atoms with Crippen LogP contribution in [0.5, 0.6) is 0 Å². The fourth-order valence-electron chi connectivity index (χ4n) is 1.52. The molecule has 0 aliphatic heterocycles. The normalized spacial score (nSPS) is 12.4. The van der Waals surface area contributed by atoms with Crippen molar-refractivity contribution in [2.75, 3.05) is 0 Å². The smallest absolute Gasteiger partial charge is 0.291 e. The first-order valence-electron chi connectivity index (χ1n) is 5.81. The van der Waals surface area contributed by atoms with Gasteiger partial charge in [-0.1, -0.05) is 18.2 Å². The van der Waals surface area contributed by atoms with Gasteiger partial charge in [-0.15, -0.1) is 0 Å². The summed E-state index contributed by atoms with van der Waals surface area (Å²) in [5.74, 6) is -0.755. The minimum Gasteiger partial charge on any atom is -0.495 e. The number of halogens is 1. The number of carbonyl (C=O) groups excluding carboxylic acids is 1. The number of nitrogens with zero attached hydrogens (tertiary/aromatic N) is 2. The number of hydrogen-bond acceptors (Lipinski definition) is 5. The third kappa shape index (κ3) is 3.61. The summed E-state index contributed by atoms with van der Waals surface area (Å²) in [6, 6.07) is 1.55. The molecule has 2 aromatic heterocycles. The van der Waals surface area contributed by atoms with Crippen molar-refractivity contribution >= 4 is 28.5 Å². The summed E-state index contributed by atoms with van der Waals surface area (Å²) in [6.45, 7) is 3.55. The van der Waals surface area contributed by atoms with Crippen molar-refractivity contribution in [3.05, 3.63) is 59.6 Å². The van der Waals surface area contributed by atoms with Crippen LogP contribution in [-0.2, 0) is 0 Å². The Kier molecular flexibility index (Phi) is 4.24.